The molecule has 21 heavy (non-hydrogen) atoms. The number of likely N-dealkylation sites (tertiary alicyclic amines) is 1. The predicted molar refractivity (Wildman–Crippen MR) is 84.3 cm³/mol. The van der Waals surface area contributed by atoms with Crippen molar-refractivity contribution in [3.8, 4) is 0 Å². The van der Waals surface area contributed by atoms with Crippen LogP contribution in [0.4, 0.5) is 5.69 Å². The molecule has 0 radical (unpaired) electrons. The smallest absolute Gasteiger partial charge is 0.269 e. The summed E-state index contributed by atoms with van der Waals surface area (Å²) < 4.78 is 0. The van der Waals surface area contributed by atoms with E-state index in [9.17, 15) is 10.1 Å². The Morgan fingerprint density at radius 2 is 1.95 bits per heavy atom. The van der Waals surface area contributed by atoms with Gasteiger partial charge in [-0.3, -0.25) is 15.0 Å². The van der Waals surface area contributed by atoms with Crippen molar-refractivity contribution < 1.29 is 4.92 Å². The quantitative estimate of drug-likeness (QED) is 0.477. The van der Waals surface area contributed by atoms with Gasteiger partial charge >= 0.3 is 0 Å². The lowest BCUT2D eigenvalue weighted by molar-refractivity contribution is -0.384. The highest BCUT2D eigenvalue weighted by atomic mass is 16.6. The van der Waals surface area contributed by atoms with Gasteiger partial charge in [-0.1, -0.05) is 19.1 Å². The van der Waals surface area contributed by atoms with E-state index in [-0.39, 0.29) is 10.6 Å². The van der Waals surface area contributed by atoms with Gasteiger partial charge in [0.2, 0.25) is 0 Å². The van der Waals surface area contributed by atoms with Crippen LogP contribution in [0.15, 0.2) is 24.3 Å². The van der Waals surface area contributed by atoms with E-state index in [1.807, 2.05) is 12.1 Å². The standard InChI is InChI=1S/C16H25N3O2/c1-2-9-17-12-14-7-10-18(11-8-14)13-15-3-5-16(6-4-15)19(20)21/h3-6,14,17H,2,7-13H2,1H3. The van der Waals surface area contributed by atoms with Gasteiger partial charge in [-0.15, -0.1) is 0 Å². The van der Waals surface area contributed by atoms with Crippen LogP contribution in [0, 0.1) is 16.0 Å². The first-order valence-corrected chi connectivity index (χ1v) is 7.85. The molecular formula is C16H25N3O2. The number of rotatable bonds is 7. The van der Waals surface area contributed by atoms with Gasteiger partial charge in [0.05, 0.1) is 4.92 Å². The minimum atomic E-state index is -0.349. The number of nitro benzene ring substituents is 1. The van der Waals surface area contributed by atoms with Crippen molar-refractivity contribution in [1.29, 1.82) is 0 Å². The Morgan fingerprint density at radius 3 is 2.52 bits per heavy atom. The Kier molecular flexibility index (Phi) is 6.14. The number of piperidine rings is 1. The molecule has 0 spiro atoms. The van der Waals surface area contributed by atoms with Crippen LogP contribution in [-0.2, 0) is 6.54 Å². The zero-order chi connectivity index (χ0) is 15.1. The summed E-state index contributed by atoms with van der Waals surface area (Å²) in [6, 6.07) is 6.92. The molecule has 1 aliphatic rings. The van der Waals surface area contributed by atoms with E-state index in [1.54, 1.807) is 12.1 Å². The fraction of sp³-hybridized carbons (Fsp3) is 0.625. The number of nitro groups is 1. The maximum absolute atomic E-state index is 10.6. The lowest BCUT2D eigenvalue weighted by Crippen LogP contribution is -2.37. The van der Waals surface area contributed by atoms with Gasteiger partial charge in [-0.05, 0) is 56.9 Å². The van der Waals surface area contributed by atoms with Gasteiger partial charge in [-0.2, -0.15) is 0 Å². The number of nitrogens with zero attached hydrogens (tertiary/aromatic N) is 2. The highest BCUT2D eigenvalue weighted by Gasteiger charge is 2.19. The Labute approximate surface area is 126 Å². The number of nitrogens with one attached hydrogen (secondary N) is 1. The summed E-state index contributed by atoms with van der Waals surface area (Å²) >= 11 is 0. The third-order valence-corrected chi connectivity index (χ3v) is 4.12. The topological polar surface area (TPSA) is 58.4 Å². The molecule has 0 unspecified atom stereocenters. The number of non-ortho nitro benzene ring substituents is 1. The fourth-order valence-electron chi connectivity index (χ4n) is 2.81. The van der Waals surface area contributed by atoms with Crippen molar-refractivity contribution in [2.45, 2.75) is 32.7 Å². The Hall–Kier alpha value is -1.46. The maximum atomic E-state index is 10.6. The summed E-state index contributed by atoms with van der Waals surface area (Å²) in [5.41, 5.74) is 1.32. The molecule has 1 heterocycles. The summed E-state index contributed by atoms with van der Waals surface area (Å²) in [5, 5.41) is 14.1. The van der Waals surface area contributed by atoms with Gasteiger partial charge in [0, 0.05) is 18.7 Å². The maximum Gasteiger partial charge on any atom is 0.269 e. The Bertz CT molecular complexity index is 439. The van der Waals surface area contributed by atoms with Crippen molar-refractivity contribution in [2.75, 3.05) is 26.2 Å². The molecule has 1 aromatic rings. The molecule has 0 aliphatic carbocycles. The van der Waals surface area contributed by atoms with E-state index >= 15 is 0 Å². The average molecular weight is 291 g/mol. The van der Waals surface area contributed by atoms with Crippen LogP contribution in [0.2, 0.25) is 0 Å². The first-order chi connectivity index (χ1) is 10.2. The normalized spacial score (nSPS) is 17.0. The van der Waals surface area contributed by atoms with Gasteiger partial charge < -0.3 is 5.32 Å². The van der Waals surface area contributed by atoms with E-state index < -0.39 is 0 Å². The Balaban J connectivity index is 1.74. The predicted octanol–water partition coefficient (Wildman–Crippen LogP) is 2.81. The lowest BCUT2D eigenvalue weighted by Gasteiger charge is -2.32. The highest BCUT2D eigenvalue weighted by molar-refractivity contribution is 5.32. The van der Waals surface area contributed by atoms with Gasteiger partial charge in [0.1, 0.15) is 0 Å². The molecule has 2 rings (SSSR count). The van der Waals surface area contributed by atoms with Crippen LogP contribution in [0.1, 0.15) is 31.7 Å². The second-order valence-corrected chi connectivity index (χ2v) is 5.85. The van der Waals surface area contributed by atoms with Gasteiger partial charge in [0.15, 0.2) is 0 Å². The highest BCUT2D eigenvalue weighted by Crippen LogP contribution is 2.19. The molecule has 1 fully saturated rings. The molecule has 0 aromatic heterocycles. The van der Waals surface area contributed by atoms with Crippen molar-refractivity contribution in [1.82, 2.24) is 10.2 Å². The molecule has 0 atom stereocenters. The number of benzene rings is 1. The first kappa shape index (κ1) is 15.9. The van der Waals surface area contributed by atoms with Crippen molar-refractivity contribution in [2.24, 2.45) is 5.92 Å². The molecule has 1 aromatic carbocycles. The van der Waals surface area contributed by atoms with Gasteiger partial charge in [0.25, 0.3) is 5.69 Å². The molecule has 0 amide bonds. The Morgan fingerprint density at radius 1 is 1.29 bits per heavy atom. The van der Waals surface area contributed by atoms with Crippen molar-refractivity contribution in [3.63, 3.8) is 0 Å². The van der Waals surface area contributed by atoms with Crippen LogP contribution in [0.25, 0.3) is 0 Å². The largest absolute Gasteiger partial charge is 0.316 e. The molecule has 0 saturated carbocycles. The molecular weight excluding hydrogens is 266 g/mol. The summed E-state index contributed by atoms with van der Waals surface area (Å²) in [6.07, 6.45) is 3.67. The zero-order valence-corrected chi connectivity index (χ0v) is 12.8. The molecule has 5 heteroatoms. The summed E-state index contributed by atoms with van der Waals surface area (Å²) in [5.74, 6) is 0.796. The second-order valence-electron chi connectivity index (χ2n) is 5.85. The zero-order valence-electron chi connectivity index (χ0n) is 12.8. The lowest BCUT2D eigenvalue weighted by atomic mass is 9.96. The molecule has 1 aliphatic heterocycles. The second kappa shape index (κ2) is 8.10. The number of hydrogen-bond donors (Lipinski definition) is 1. The summed E-state index contributed by atoms with van der Waals surface area (Å²) in [7, 11) is 0. The van der Waals surface area contributed by atoms with E-state index in [0.29, 0.717) is 0 Å². The third kappa shape index (κ3) is 5.10. The molecule has 1 saturated heterocycles. The molecule has 5 nitrogen and oxygen atoms in total. The fourth-order valence-corrected chi connectivity index (χ4v) is 2.81. The van der Waals surface area contributed by atoms with Crippen molar-refractivity contribution >= 4 is 5.69 Å². The average Bonchev–Trinajstić information content (AvgIpc) is 2.50. The van der Waals surface area contributed by atoms with E-state index in [1.165, 1.54) is 19.3 Å². The summed E-state index contributed by atoms with van der Waals surface area (Å²) in [4.78, 5) is 12.7. The minimum absolute atomic E-state index is 0.166. The number of hydrogen-bond acceptors (Lipinski definition) is 4. The first-order valence-electron chi connectivity index (χ1n) is 7.85. The van der Waals surface area contributed by atoms with Crippen molar-refractivity contribution in [3.05, 3.63) is 39.9 Å². The van der Waals surface area contributed by atoms with Crippen LogP contribution in [-0.4, -0.2) is 36.0 Å². The van der Waals surface area contributed by atoms with Crippen LogP contribution >= 0.6 is 0 Å². The monoisotopic (exact) mass is 291 g/mol. The molecule has 0 bridgehead atoms. The van der Waals surface area contributed by atoms with Gasteiger partial charge in [-0.25, -0.2) is 0 Å². The van der Waals surface area contributed by atoms with E-state index in [0.717, 1.165) is 44.2 Å². The summed E-state index contributed by atoms with van der Waals surface area (Å²) in [6.45, 7) is 7.58. The van der Waals surface area contributed by atoms with E-state index in [4.69, 9.17) is 0 Å². The molecule has 116 valence electrons. The van der Waals surface area contributed by atoms with E-state index in [2.05, 4.69) is 17.1 Å². The van der Waals surface area contributed by atoms with Crippen LogP contribution in [0.3, 0.4) is 0 Å². The third-order valence-electron chi connectivity index (χ3n) is 4.12. The van der Waals surface area contributed by atoms with Crippen LogP contribution in [0.5, 0.6) is 0 Å². The SMILES string of the molecule is CCCNCC1CCN(Cc2ccc([N+](=O)[O-])cc2)CC1. The minimum Gasteiger partial charge on any atom is -0.316 e. The molecule has 1 N–H and O–H groups in total. The van der Waals surface area contributed by atoms with Crippen LogP contribution < -0.4 is 5.32 Å².